The minimum absolute atomic E-state index is 0.00772. The molecule has 0 bridgehead atoms. The van der Waals surface area contributed by atoms with Gasteiger partial charge < -0.3 is 9.16 Å². The molecule has 1 aliphatic rings. The van der Waals surface area contributed by atoms with E-state index in [0.29, 0.717) is 6.10 Å². The Morgan fingerprint density at radius 1 is 1.75 bits per heavy atom. The number of hydrogen-bond acceptors (Lipinski definition) is 2. The highest BCUT2D eigenvalue weighted by Gasteiger charge is 2.38. The predicted molar refractivity (Wildman–Crippen MR) is 34.8 cm³/mol. The molecule has 48 valence electrons. The van der Waals surface area contributed by atoms with Crippen LogP contribution in [-0.4, -0.2) is 28.8 Å². The molecule has 1 aliphatic heterocycles. The third kappa shape index (κ3) is 1.10. The van der Waals surface area contributed by atoms with Gasteiger partial charge in [-0.3, -0.25) is 0 Å². The van der Waals surface area contributed by atoms with Gasteiger partial charge in [-0.25, -0.2) is 0 Å². The van der Waals surface area contributed by atoms with Crippen LogP contribution in [0.1, 0.15) is 13.8 Å². The zero-order valence-corrected chi connectivity index (χ0v) is 7.60. The highest BCUT2D eigenvalue weighted by Crippen LogP contribution is 2.25. The molecular weight excluding hydrogens is 120 g/mol. The fourth-order valence-electron chi connectivity index (χ4n) is 0.581. The molecule has 3 heteroatoms. The van der Waals surface area contributed by atoms with E-state index in [1.54, 1.807) is 0 Å². The minimum Gasteiger partial charge on any atom is -0.420 e. The molecule has 1 saturated heterocycles. The zero-order chi connectivity index (χ0) is 6.20. The van der Waals surface area contributed by atoms with Crippen LogP contribution in [0.25, 0.3) is 0 Å². The van der Waals surface area contributed by atoms with E-state index < -0.39 is 0 Å². The Morgan fingerprint density at radius 2 is 2.25 bits per heavy atom. The van der Waals surface area contributed by atoms with Gasteiger partial charge in [0, 0.05) is 0 Å². The van der Waals surface area contributed by atoms with Crippen molar-refractivity contribution >= 4 is 10.5 Å². The van der Waals surface area contributed by atoms with Crippen LogP contribution in [-0.2, 0) is 9.16 Å². The van der Waals surface area contributed by atoms with E-state index >= 15 is 0 Å². The van der Waals surface area contributed by atoms with Gasteiger partial charge in [-0.2, -0.15) is 0 Å². The van der Waals surface area contributed by atoms with Crippen molar-refractivity contribution in [3.05, 3.63) is 0 Å². The van der Waals surface area contributed by atoms with Crippen molar-refractivity contribution in [1.29, 1.82) is 0 Å². The maximum absolute atomic E-state index is 5.28. The first-order valence-electron chi connectivity index (χ1n) is 2.83. The summed E-state index contributed by atoms with van der Waals surface area (Å²) in [5.41, 5.74) is -0.00772. The van der Waals surface area contributed by atoms with E-state index in [2.05, 4.69) is 13.8 Å². The normalized spacial score (nSPS) is 28.5. The molecule has 0 radical (unpaired) electrons. The molecule has 1 atom stereocenters. The summed E-state index contributed by atoms with van der Waals surface area (Å²) in [5.74, 6) is 0. The number of hydrogen-bond donors (Lipinski definition) is 0. The van der Waals surface area contributed by atoms with Gasteiger partial charge in [0.2, 0.25) is 0 Å². The van der Waals surface area contributed by atoms with Crippen molar-refractivity contribution in [2.45, 2.75) is 25.6 Å². The summed E-state index contributed by atoms with van der Waals surface area (Å²) in [4.78, 5) is 0. The first-order chi connectivity index (χ1) is 3.67. The summed E-state index contributed by atoms with van der Waals surface area (Å²) < 4.78 is 10.3. The van der Waals surface area contributed by atoms with Crippen molar-refractivity contribution in [3.8, 4) is 0 Å². The topological polar surface area (TPSA) is 21.8 Å². The second kappa shape index (κ2) is 1.82. The first kappa shape index (κ1) is 6.26. The molecule has 8 heavy (non-hydrogen) atoms. The van der Waals surface area contributed by atoms with Crippen molar-refractivity contribution in [3.63, 3.8) is 0 Å². The number of ether oxygens (including phenoxy) is 1. The van der Waals surface area contributed by atoms with Gasteiger partial charge in [-0.05, 0) is 13.8 Å². The molecule has 0 aromatic rings. The summed E-state index contributed by atoms with van der Waals surface area (Å²) in [5, 5.41) is 0. The Hall–Kier alpha value is 0.137. The average Bonchev–Trinajstić information content (AvgIpc) is 2.44. The molecule has 2 nitrogen and oxygen atoms in total. The molecule has 0 aromatic heterocycles. The lowest BCUT2D eigenvalue weighted by Crippen LogP contribution is -2.30. The van der Waals surface area contributed by atoms with Crippen molar-refractivity contribution in [2.75, 3.05) is 6.61 Å². The van der Waals surface area contributed by atoms with E-state index in [9.17, 15) is 0 Å². The SMILES string of the molecule is CC(C)(O[SiH3])C1CO1. The predicted octanol–water partition coefficient (Wildman–Crippen LogP) is -0.539. The Balaban J connectivity index is 2.37. The third-order valence-corrected chi connectivity index (χ3v) is 2.69. The van der Waals surface area contributed by atoms with Gasteiger partial charge in [-0.15, -0.1) is 0 Å². The van der Waals surface area contributed by atoms with E-state index in [1.165, 1.54) is 0 Å². The van der Waals surface area contributed by atoms with Crippen LogP contribution in [0.15, 0.2) is 0 Å². The fraction of sp³-hybridized carbons (Fsp3) is 1.00. The van der Waals surface area contributed by atoms with Crippen molar-refractivity contribution in [1.82, 2.24) is 0 Å². The highest BCUT2D eigenvalue weighted by atomic mass is 28.2. The van der Waals surface area contributed by atoms with Crippen LogP contribution < -0.4 is 0 Å². The lowest BCUT2D eigenvalue weighted by atomic mass is 10.1. The Labute approximate surface area is 52.7 Å². The van der Waals surface area contributed by atoms with Crippen molar-refractivity contribution < 1.29 is 9.16 Å². The monoisotopic (exact) mass is 132 g/mol. The van der Waals surface area contributed by atoms with Gasteiger partial charge >= 0.3 is 0 Å². The third-order valence-electron chi connectivity index (χ3n) is 1.63. The lowest BCUT2D eigenvalue weighted by Gasteiger charge is -2.20. The number of epoxide rings is 1. The first-order valence-corrected chi connectivity index (χ1v) is 3.65. The Kier molecular flexibility index (Phi) is 1.43. The maximum Gasteiger partial charge on any atom is 0.146 e. The van der Waals surface area contributed by atoms with Crippen LogP contribution in [0.3, 0.4) is 0 Å². The minimum atomic E-state index is -0.00772. The Bertz CT molecular complexity index is 88.4. The molecule has 0 aromatic carbocycles. The summed E-state index contributed by atoms with van der Waals surface area (Å²) >= 11 is 0. The molecule has 0 amide bonds. The van der Waals surface area contributed by atoms with Crippen LogP contribution in [0.5, 0.6) is 0 Å². The second-order valence-electron chi connectivity index (χ2n) is 2.63. The second-order valence-corrected chi connectivity index (χ2v) is 3.04. The summed E-state index contributed by atoms with van der Waals surface area (Å²) in [6, 6.07) is 0. The van der Waals surface area contributed by atoms with Crippen molar-refractivity contribution in [2.24, 2.45) is 0 Å². The van der Waals surface area contributed by atoms with Gasteiger partial charge in [0.1, 0.15) is 16.6 Å². The van der Waals surface area contributed by atoms with Gasteiger partial charge in [0.15, 0.2) is 0 Å². The molecule has 0 saturated carbocycles. The molecular formula is C5H12O2Si. The average molecular weight is 132 g/mol. The molecule has 0 aliphatic carbocycles. The van der Waals surface area contributed by atoms with E-state index in [1.807, 2.05) is 0 Å². The van der Waals surface area contributed by atoms with E-state index in [0.717, 1.165) is 17.1 Å². The van der Waals surface area contributed by atoms with Crippen LogP contribution in [0, 0.1) is 0 Å². The van der Waals surface area contributed by atoms with Crippen LogP contribution >= 0.6 is 0 Å². The molecule has 1 fully saturated rings. The quantitative estimate of drug-likeness (QED) is 0.372. The number of rotatable bonds is 2. The fourth-order valence-corrected chi connectivity index (χ4v) is 0.844. The maximum atomic E-state index is 5.28. The molecule has 1 rings (SSSR count). The summed E-state index contributed by atoms with van der Waals surface area (Å²) in [7, 11) is 0.805. The molecule has 1 heterocycles. The summed E-state index contributed by atoms with van der Waals surface area (Å²) in [6.07, 6.45) is 0.375. The standard InChI is InChI=1S/C5H12O2Si/c1-5(2,7-8)4-3-6-4/h4H,3H2,1-2,8H3. The van der Waals surface area contributed by atoms with Crippen LogP contribution in [0.2, 0.25) is 0 Å². The highest BCUT2D eigenvalue weighted by molar-refractivity contribution is 5.98. The Morgan fingerprint density at radius 3 is 2.38 bits per heavy atom. The smallest absolute Gasteiger partial charge is 0.146 e. The van der Waals surface area contributed by atoms with Gasteiger partial charge in [0.25, 0.3) is 0 Å². The van der Waals surface area contributed by atoms with E-state index in [-0.39, 0.29) is 5.60 Å². The van der Waals surface area contributed by atoms with Gasteiger partial charge in [-0.1, -0.05) is 0 Å². The molecule has 0 N–H and O–H groups in total. The summed E-state index contributed by atoms with van der Waals surface area (Å²) in [6.45, 7) is 5.02. The van der Waals surface area contributed by atoms with Gasteiger partial charge in [0.05, 0.1) is 12.2 Å². The van der Waals surface area contributed by atoms with Crippen LogP contribution in [0.4, 0.5) is 0 Å². The zero-order valence-electron chi connectivity index (χ0n) is 5.60. The molecule has 0 spiro atoms. The molecule has 1 unspecified atom stereocenters. The lowest BCUT2D eigenvalue weighted by molar-refractivity contribution is 0.0852. The van der Waals surface area contributed by atoms with E-state index in [4.69, 9.17) is 9.16 Å². The largest absolute Gasteiger partial charge is 0.420 e.